The molecule has 0 spiro atoms. The van der Waals surface area contributed by atoms with Gasteiger partial charge in [-0.2, -0.15) is 0 Å². The fourth-order valence-corrected chi connectivity index (χ4v) is 3.06. The molecule has 0 bridgehead atoms. The summed E-state index contributed by atoms with van der Waals surface area (Å²) in [6.07, 6.45) is 0. The number of rotatable bonds is 2. The second kappa shape index (κ2) is 5.25. The number of hydrogen-bond donors (Lipinski definition) is 2. The van der Waals surface area contributed by atoms with E-state index in [0.717, 1.165) is 0 Å². The standard InChI is InChI=1S/C16H13ClO7/c1-16(21)10-7-4-6(22-2)5-8(18)9(7)15(20)24-12(10)11(19)13(23-3)14(16)17/h4-5,18,21H,1-3H3/t16-/m0/s1. The number of carbonyl (C=O) groups excluding carboxylic acids is 1. The van der Waals surface area contributed by atoms with Crippen LogP contribution >= 0.6 is 11.6 Å². The van der Waals surface area contributed by atoms with E-state index in [1.807, 2.05) is 0 Å². The van der Waals surface area contributed by atoms with E-state index in [1.165, 1.54) is 33.3 Å². The molecule has 1 heterocycles. The van der Waals surface area contributed by atoms with E-state index in [4.69, 9.17) is 25.5 Å². The Morgan fingerprint density at radius 2 is 1.88 bits per heavy atom. The maximum absolute atomic E-state index is 12.5. The number of carbonyl (C=O) groups is 1. The van der Waals surface area contributed by atoms with Gasteiger partial charge < -0.3 is 24.1 Å². The molecule has 0 saturated carbocycles. The van der Waals surface area contributed by atoms with Gasteiger partial charge in [0.2, 0.25) is 0 Å². The molecule has 0 aliphatic heterocycles. The van der Waals surface area contributed by atoms with Crippen molar-refractivity contribution in [1.82, 2.24) is 0 Å². The number of ether oxygens (including phenoxy) is 2. The number of phenols is 1. The molecule has 0 radical (unpaired) electrons. The van der Waals surface area contributed by atoms with Crippen LogP contribution < -0.4 is 10.4 Å². The first-order valence-electron chi connectivity index (χ1n) is 6.83. The van der Waals surface area contributed by atoms with Crippen LogP contribution in [0.25, 0.3) is 10.8 Å². The highest BCUT2D eigenvalue weighted by molar-refractivity contribution is 6.34. The molecule has 2 aromatic rings. The molecular formula is C16H13ClO7. The van der Waals surface area contributed by atoms with Gasteiger partial charge in [0.15, 0.2) is 11.5 Å². The van der Waals surface area contributed by atoms with Crippen molar-refractivity contribution < 1.29 is 28.9 Å². The lowest BCUT2D eigenvalue weighted by Crippen LogP contribution is -2.33. The second-order valence-corrected chi connectivity index (χ2v) is 5.79. The molecule has 2 N–H and O–H groups in total. The Bertz CT molecular complexity index is 969. The van der Waals surface area contributed by atoms with E-state index in [0.29, 0.717) is 0 Å². The van der Waals surface area contributed by atoms with E-state index >= 15 is 0 Å². The zero-order chi connectivity index (χ0) is 17.8. The van der Waals surface area contributed by atoms with Gasteiger partial charge in [-0.1, -0.05) is 11.6 Å². The minimum Gasteiger partial charge on any atom is -0.507 e. The van der Waals surface area contributed by atoms with Crippen LogP contribution in [-0.4, -0.2) is 30.2 Å². The largest absolute Gasteiger partial charge is 0.507 e. The van der Waals surface area contributed by atoms with Crippen LogP contribution in [0.4, 0.5) is 0 Å². The third kappa shape index (κ3) is 2.02. The van der Waals surface area contributed by atoms with Crippen molar-refractivity contribution in [3.8, 4) is 11.5 Å². The number of hydrogen-bond acceptors (Lipinski definition) is 7. The molecule has 24 heavy (non-hydrogen) atoms. The van der Waals surface area contributed by atoms with Gasteiger partial charge in [-0.25, -0.2) is 4.79 Å². The lowest BCUT2D eigenvalue weighted by molar-refractivity contribution is 0.0725. The van der Waals surface area contributed by atoms with Crippen LogP contribution in [0.2, 0.25) is 0 Å². The Labute approximate surface area is 140 Å². The fourth-order valence-electron chi connectivity index (χ4n) is 2.81. The molecule has 0 fully saturated rings. The summed E-state index contributed by atoms with van der Waals surface area (Å²) in [5.74, 6) is -1.66. The van der Waals surface area contributed by atoms with E-state index in [2.05, 4.69) is 0 Å². The Morgan fingerprint density at radius 3 is 2.46 bits per heavy atom. The number of methoxy groups -OCH3 is 2. The topological polar surface area (TPSA) is 106 Å². The van der Waals surface area contributed by atoms with Crippen LogP contribution in [0.5, 0.6) is 11.5 Å². The molecule has 0 saturated heterocycles. The molecule has 1 aliphatic carbocycles. The summed E-state index contributed by atoms with van der Waals surface area (Å²) in [6.45, 7) is 1.33. The van der Waals surface area contributed by atoms with Crippen molar-refractivity contribution in [2.75, 3.05) is 14.2 Å². The molecule has 8 heteroatoms. The quantitative estimate of drug-likeness (QED) is 0.851. The number of halogens is 1. The molecule has 1 aliphatic rings. The minimum absolute atomic E-state index is 0.0397. The predicted molar refractivity (Wildman–Crippen MR) is 84.5 cm³/mol. The third-order valence-electron chi connectivity index (χ3n) is 3.95. The van der Waals surface area contributed by atoms with Crippen LogP contribution in [0.15, 0.2) is 32.1 Å². The van der Waals surface area contributed by atoms with Crippen molar-refractivity contribution in [2.24, 2.45) is 0 Å². The second-order valence-electron chi connectivity index (χ2n) is 5.41. The van der Waals surface area contributed by atoms with Crippen molar-refractivity contribution in [1.29, 1.82) is 0 Å². The summed E-state index contributed by atoms with van der Waals surface area (Å²) < 4.78 is 15.1. The normalized spacial score (nSPS) is 20.3. The lowest BCUT2D eigenvalue weighted by Gasteiger charge is -2.30. The Kier molecular flexibility index (Phi) is 3.58. The van der Waals surface area contributed by atoms with E-state index < -0.39 is 28.5 Å². The Morgan fingerprint density at radius 1 is 1.21 bits per heavy atom. The molecule has 7 nitrogen and oxygen atoms in total. The smallest absolute Gasteiger partial charge is 0.348 e. The van der Waals surface area contributed by atoms with E-state index in [-0.39, 0.29) is 32.9 Å². The lowest BCUT2D eigenvalue weighted by atomic mass is 9.84. The monoisotopic (exact) mass is 352 g/mol. The molecule has 1 aromatic carbocycles. The number of benzene rings is 1. The average molecular weight is 353 g/mol. The highest BCUT2D eigenvalue weighted by Gasteiger charge is 2.45. The molecule has 0 amide bonds. The first-order chi connectivity index (χ1) is 11.2. The number of ketones is 1. The summed E-state index contributed by atoms with van der Waals surface area (Å²) in [4.78, 5) is 24.7. The zero-order valence-electron chi connectivity index (χ0n) is 13.0. The number of aliphatic hydroxyl groups is 1. The number of Topliss-reactive ketones (excluding diaryl/α,β-unsaturated/α-hetero) is 1. The average Bonchev–Trinajstić information content (AvgIpc) is 2.52. The minimum atomic E-state index is -1.87. The summed E-state index contributed by atoms with van der Waals surface area (Å²) in [6, 6.07) is 2.64. The number of aromatic hydroxyl groups is 1. The molecular weight excluding hydrogens is 340 g/mol. The first-order valence-corrected chi connectivity index (χ1v) is 7.21. The molecule has 1 atom stereocenters. The fraction of sp³-hybridized carbons (Fsp3) is 0.250. The van der Waals surface area contributed by atoms with Crippen molar-refractivity contribution >= 4 is 28.2 Å². The first kappa shape index (κ1) is 16.4. The summed E-state index contributed by atoms with van der Waals surface area (Å²) in [5.41, 5.74) is -2.84. The molecule has 0 unspecified atom stereocenters. The van der Waals surface area contributed by atoms with Gasteiger partial charge in [-0.05, 0) is 13.0 Å². The Balaban J connectivity index is 2.55. The van der Waals surface area contributed by atoms with Gasteiger partial charge in [0, 0.05) is 17.0 Å². The van der Waals surface area contributed by atoms with Crippen LogP contribution in [0, 0.1) is 0 Å². The van der Waals surface area contributed by atoms with Crippen molar-refractivity contribution in [3.05, 3.63) is 44.7 Å². The maximum atomic E-state index is 12.5. The SMILES string of the molecule is COC1=C(Cl)[C@@](C)(O)c2c(oc(=O)c3c(O)cc(OC)cc23)C1=O. The van der Waals surface area contributed by atoms with Crippen LogP contribution in [0.3, 0.4) is 0 Å². The van der Waals surface area contributed by atoms with Gasteiger partial charge in [0.1, 0.15) is 27.5 Å². The third-order valence-corrected chi connectivity index (χ3v) is 4.49. The van der Waals surface area contributed by atoms with Crippen LogP contribution in [0.1, 0.15) is 23.0 Å². The van der Waals surface area contributed by atoms with E-state index in [1.54, 1.807) is 0 Å². The van der Waals surface area contributed by atoms with Gasteiger partial charge >= 0.3 is 5.63 Å². The summed E-state index contributed by atoms with van der Waals surface area (Å²) >= 11 is 6.12. The van der Waals surface area contributed by atoms with E-state index in [9.17, 15) is 19.8 Å². The number of fused-ring (bicyclic) bond motifs is 3. The maximum Gasteiger partial charge on any atom is 0.348 e. The van der Waals surface area contributed by atoms with Gasteiger partial charge in [-0.3, -0.25) is 4.79 Å². The number of phenolic OH excluding ortho intramolecular Hbond substituents is 1. The molecule has 1 aromatic heterocycles. The van der Waals surface area contributed by atoms with Gasteiger partial charge in [-0.15, -0.1) is 0 Å². The predicted octanol–water partition coefficient (Wildman–Crippen LogP) is 2.01. The van der Waals surface area contributed by atoms with Gasteiger partial charge in [0.25, 0.3) is 5.78 Å². The van der Waals surface area contributed by atoms with Crippen LogP contribution in [-0.2, 0) is 10.3 Å². The Hall–Kier alpha value is -2.51. The molecule has 126 valence electrons. The summed E-state index contributed by atoms with van der Waals surface area (Å²) in [5, 5.41) is 20.6. The van der Waals surface area contributed by atoms with Gasteiger partial charge in [0.05, 0.1) is 14.2 Å². The zero-order valence-corrected chi connectivity index (χ0v) is 13.7. The van der Waals surface area contributed by atoms with Crippen molar-refractivity contribution in [3.63, 3.8) is 0 Å². The highest BCUT2D eigenvalue weighted by atomic mass is 35.5. The summed E-state index contributed by atoms with van der Waals surface area (Å²) in [7, 11) is 2.59. The number of allylic oxidation sites excluding steroid dienone is 1. The molecule has 3 rings (SSSR count). The highest BCUT2D eigenvalue weighted by Crippen LogP contribution is 2.45. The van der Waals surface area contributed by atoms with Crippen molar-refractivity contribution in [2.45, 2.75) is 12.5 Å².